The van der Waals surface area contributed by atoms with Gasteiger partial charge < -0.3 is 14.4 Å². The van der Waals surface area contributed by atoms with E-state index in [1.165, 1.54) is 0 Å². The summed E-state index contributed by atoms with van der Waals surface area (Å²) in [5, 5.41) is 10.4. The van der Waals surface area contributed by atoms with Crippen molar-refractivity contribution in [2.75, 3.05) is 32.7 Å². The first-order valence-corrected chi connectivity index (χ1v) is 8.78. The van der Waals surface area contributed by atoms with Crippen LogP contribution in [0.1, 0.15) is 39.1 Å². The molecule has 0 unspecified atom stereocenters. The van der Waals surface area contributed by atoms with Gasteiger partial charge in [0.25, 0.3) is 5.91 Å². The molecule has 25 heavy (non-hydrogen) atoms. The monoisotopic (exact) mass is 342 g/mol. The molecular weight excluding hydrogens is 316 g/mol. The summed E-state index contributed by atoms with van der Waals surface area (Å²) < 4.78 is 5.59. The number of hydrogen-bond donors (Lipinski definition) is 1. The molecule has 5 heteroatoms. The quantitative estimate of drug-likeness (QED) is 0.928. The van der Waals surface area contributed by atoms with Crippen LogP contribution in [-0.4, -0.2) is 53.5 Å². The highest BCUT2D eigenvalue weighted by Gasteiger charge is 2.27. The lowest BCUT2D eigenvalue weighted by atomic mass is 10.1. The first-order valence-electron chi connectivity index (χ1n) is 8.78. The Morgan fingerprint density at radius 2 is 1.72 bits per heavy atom. The van der Waals surface area contributed by atoms with E-state index in [1.54, 1.807) is 0 Å². The second-order valence-electron chi connectivity index (χ2n) is 6.73. The third-order valence-electron chi connectivity index (χ3n) is 5.05. The van der Waals surface area contributed by atoms with Gasteiger partial charge in [-0.15, -0.1) is 0 Å². The molecule has 5 nitrogen and oxygen atoms in total. The Morgan fingerprint density at radius 3 is 2.28 bits per heavy atom. The number of β-amino-alcohol motifs (C(OH)–C–C–N with tert-alkyl or cyclic N) is 1. The van der Waals surface area contributed by atoms with Crippen molar-refractivity contribution in [1.29, 1.82) is 0 Å². The van der Waals surface area contributed by atoms with Crippen molar-refractivity contribution in [3.63, 3.8) is 0 Å². The van der Waals surface area contributed by atoms with Crippen LogP contribution in [0.3, 0.4) is 0 Å². The second kappa shape index (κ2) is 7.42. The van der Waals surface area contributed by atoms with E-state index in [0.717, 1.165) is 30.0 Å². The molecule has 1 atom stereocenters. The van der Waals surface area contributed by atoms with E-state index in [9.17, 15) is 9.90 Å². The number of nitrogens with zero attached hydrogens (tertiary/aromatic N) is 2. The smallest absolute Gasteiger partial charge is 0.257 e. The molecule has 2 aromatic rings. The van der Waals surface area contributed by atoms with Gasteiger partial charge >= 0.3 is 0 Å². The number of aliphatic hydroxyl groups is 1. The van der Waals surface area contributed by atoms with Gasteiger partial charge in [0.05, 0.1) is 11.7 Å². The number of rotatable bonds is 4. The summed E-state index contributed by atoms with van der Waals surface area (Å²) in [6, 6.07) is 9.70. The Kier molecular flexibility index (Phi) is 5.25. The molecule has 1 aliphatic rings. The molecule has 1 aromatic carbocycles. The fourth-order valence-corrected chi connectivity index (χ4v) is 3.43. The lowest BCUT2D eigenvalue weighted by molar-refractivity contribution is 0.0526. The zero-order valence-electron chi connectivity index (χ0n) is 15.2. The van der Waals surface area contributed by atoms with Crippen molar-refractivity contribution in [2.45, 2.75) is 26.9 Å². The number of benzene rings is 1. The Morgan fingerprint density at radius 1 is 1.08 bits per heavy atom. The largest absolute Gasteiger partial charge is 0.466 e. The number of aliphatic hydroxyl groups excluding tert-OH is 1. The minimum absolute atomic E-state index is 0.0510. The number of carbonyl (C=O) groups excluding carboxylic acids is 1. The van der Waals surface area contributed by atoms with Crippen molar-refractivity contribution in [2.24, 2.45) is 0 Å². The normalized spacial score (nSPS) is 16.9. The average Bonchev–Trinajstić information content (AvgIpc) is 2.88. The summed E-state index contributed by atoms with van der Waals surface area (Å²) in [6.07, 6.45) is -0.496. The van der Waals surface area contributed by atoms with Gasteiger partial charge in [-0.3, -0.25) is 9.69 Å². The fraction of sp³-hybridized carbons (Fsp3) is 0.450. The highest BCUT2D eigenvalue weighted by atomic mass is 16.3. The van der Waals surface area contributed by atoms with Gasteiger partial charge in [0.1, 0.15) is 11.5 Å². The van der Waals surface area contributed by atoms with Crippen molar-refractivity contribution in [3.05, 3.63) is 58.5 Å². The molecule has 0 spiro atoms. The van der Waals surface area contributed by atoms with E-state index in [0.29, 0.717) is 31.0 Å². The number of hydrogen-bond acceptors (Lipinski definition) is 4. The van der Waals surface area contributed by atoms with Gasteiger partial charge in [-0.05, 0) is 26.3 Å². The van der Waals surface area contributed by atoms with Crippen LogP contribution in [0.25, 0.3) is 0 Å². The lowest BCUT2D eigenvalue weighted by Crippen LogP contribution is -2.49. The zero-order chi connectivity index (χ0) is 18.0. The van der Waals surface area contributed by atoms with E-state index < -0.39 is 6.10 Å². The Balaban J connectivity index is 1.57. The van der Waals surface area contributed by atoms with Crippen LogP contribution in [0.4, 0.5) is 0 Å². The lowest BCUT2D eigenvalue weighted by Gasteiger charge is -2.35. The fourth-order valence-electron chi connectivity index (χ4n) is 3.43. The SMILES string of the molecule is Cc1oc(C)c(C(=O)N2CCN(C[C@@H](O)c3ccccc3)CC2)c1C. The summed E-state index contributed by atoms with van der Waals surface area (Å²) in [5.74, 6) is 1.56. The predicted octanol–water partition coefficient (Wildman–Crippen LogP) is 2.70. The molecule has 1 aliphatic heterocycles. The molecule has 0 radical (unpaired) electrons. The van der Waals surface area contributed by atoms with Crippen LogP contribution in [0.15, 0.2) is 34.7 Å². The summed E-state index contributed by atoms with van der Waals surface area (Å²) in [6.45, 7) is 9.14. The summed E-state index contributed by atoms with van der Waals surface area (Å²) in [7, 11) is 0. The van der Waals surface area contributed by atoms with E-state index >= 15 is 0 Å². The molecule has 1 saturated heterocycles. The van der Waals surface area contributed by atoms with Crippen molar-refractivity contribution >= 4 is 5.91 Å². The second-order valence-corrected chi connectivity index (χ2v) is 6.73. The molecule has 1 amide bonds. The highest BCUT2D eigenvalue weighted by Crippen LogP contribution is 2.23. The molecule has 1 N–H and O–H groups in total. The van der Waals surface area contributed by atoms with Gasteiger partial charge in [0.2, 0.25) is 0 Å². The van der Waals surface area contributed by atoms with Crippen LogP contribution in [0.2, 0.25) is 0 Å². The summed E-state index contributed by atoms with van der Waals surface area (Å²) >= 11 is 0. The Labute approximate surface area is 148 Å². The van der Waals surface area contributed by atoms with Gasteiger partial charge in [0, 0.05) is 38.3 Å². The Hall–Kier alpha value is -2.11. The molecular formula is C20H26N2O3. The number of amides is 1. The maximum absolute atomic E-state index is 12.8. The molecule has 0 bridgehead atoms. The standard InChI is InChI=1S/C20H26N2O3/c1-14-15(2)25-16(3)19(14)20(24)22-11-9-21(10-12-22)13-18(23)17-7-5-4-6-8-17/h4-8,18,23H,9-13H2,1-3H3/t18-/m1/s1. The summed E-state index contributed by atoms with van der Waals surface area (Å²) in [4.78, 5) is 16.9. The van der Waals surface area contributed by atoms with Gasteiger partial charge in [-0.1, -0.05) is 30.3 Å². The highest BCUT2D eigenvalue weighted by molar-refractivity contribution is 5.97. The van der Waals surface area contributed by atoms with Crippen molar-refractivity contribution in [3.8, 4) is 0 Å². The summed E-state index contributed by atoms with van der Waals surface area (Å²) in [5.41, 5.74) is 2.57. The first-order chi connectivity index (χ1) is 12.0. The first kappa shape index (κ1) is 17.7. The van der Waals surface area contributed by atoms with Gasteiger partial charge in [-0.25, -0.2) is 0 Å². The van der Waals surface area contributed by atoms with E-state index in [4.69, 9.17) is 4.42 Å². The number of carbonyl (C=O) groups is 1. The molecule has 2 heterocycles. The van der Waals surface area contributed by atoms with Crippen molar-refractivity contribution < 1.29 is 14.3 Å². The number of piperazine rings is 1. The zero-order valence-corrected chi connectivity index (χ0v) is 15.2. The van der Waals surface area contributed by atoms with Crippen LogP contribution >= 0.6 is 0 Å². The maximum Gasteiger partial charge on any atom is 0.257 e. The third kappa shape index (κ3) is 3.78. The molecule has 0 aliphatic carbocycles. The van der Waals surface area contributed by atoms with E-state index in [1.807, 2.05) is 56.0 Å². The minimum atomic E-state index is -0.496. The van der Waals surface area contributed by atoms with Crippen LogP contribution in [0, 0.1) is 20.8 Å². The third-order valence-corrected chi connectivity index (χ3v) is 5.05. The minimum Gasteiger partial charge on any atom is -0.466 e. The molecule has 3 rings (SSSR count). The van der Waals surface area contributed by atoms with Crippen LogP contribution in [-0.2, 0) is 0 Å². The van der Waals surface area contributed by atoms with Gasteiger partial charge in [-0.2, -0.15) is 0 Å². The van der Waals surface area contributed by atoms with Gasteiger partial charge in [0.15, 0.2) is 0 Å². The molecule has 1 fully saturated rings. The average molecular weight is 342 g/mol. The maximum atomic E-state index is 12.8. The van der Waals surface area contributed by atoms with Crippen molar-refractivity contribution in [1.82, 2.24) is 9.80 Å². The molecule has 134 valence electrons. The Bertz CT molecular complexity index is 731. The van der Waals surface area contributed by atoms with Crippen LogP contribution in [0.5, 0.6) is 0 Å². The topological polar surface area (TPSA) is 56.9 Å². The van der Waals surface area contributed by atoms with E-state index in [2.05, 4.69) is 4.90 Å². The van der Waals surface area contributed by atoms with E-state index in [-0.39, 0.29) is 5.91 Å². The molecule has 0 saturated carbocycles. The van der Waals surface area contributed by atoms with Crippen LogP contribution < -0.4 is 0 Å². The number of aryl methyl sites for hydroxylation is 2. The number of furan rings is 1. The predicted molar refractivity (Wildman–Crippen MR) is 96.7 cm³/mol. The molecule has 1 aromatic heterocycles.